The zero-order valence-electron chi connectivity index (χ0n) is 12.8. The Bertz CT molecular complexity index is 836. The Morgan fingerprint density at radius 1 is 1.12 bits per heavy atom. The van der Waals surface area contributed by atoms with E-state index in [1.807, 2.05) is 30.3 Å². The minimum atomic E-state index is -0.545. The summed E-state index contributed by atoms with van der Waals surface area (Å²) < 4.78 is 1.09. The molecule has 0 fully saturated rings. The van der Waals surface area contributed by atoms with Crippen LogP contribution in [0.2, 0.25) is 0 Å². The highest BCUT2D eigenvalue weighted by molar-refractivity contribution is 14.1. The van der Waals surface area contributed by atoms with Gasteiger partial charge in [0, 0.05) is 26.7 Å². The van der Waals surface area contributed by atoms with Gasteiger partial charge in [-0.1, -0.05) is 12.1 Å². The quantitative estimate of drug-likeness (QED) is 0.325. The summed E-state index contributed by atoms with van der Waals surface area (Å²) in [5.74, 6) is -0.640. The van der Waals surface area contributed by atoms with E-state index in [0.29, 0.717) is 11.3 Å². The predicted octanol–water partition coefficient (Wildman–Crippen LogP) is 3.95. The molecule has 0 unspecified atom stereocenters. The zero-order valence-corrected chi connectivity index (χ0v) is 15.0. The van der Waals surface area contributed by atoms with Gasteiger partial charge in [0.1, 0.15) is 11.6 Å². The van der Waals surface area contributed by atoms with E-state index in [9.17, 15) is 9.59 Å². The van der Waals surface area contributed by atoms with Crippen molar-refractivity contribution in [2.24, 2.45) is 0 Å². The van der Waals surface area contributed by atoms with E-state index in [0.717, 1.165) is 9.26 Å². The second-order valence-electron chi connectivity index (χ2n) is 4.91. The fraction of sp³-hybridized carbons (Fsp3) is 0.0556. The van der Waals surface area contributed by atoms with Crippen LogP contribution in [-0.2, 0) is 4.79 Å². The van der Waals surface area contributed by atoms with Crippen LogP contribution in [0.4, 0.5) is 11.4 Å². The van der Waals surface area contributed by atoms with Gasteiger partial charge in [0.05, 0.1) is 0 Å². The number of benzene rings is 2. The third kappa shape index (κ3) is 4.93. The number of halogens is 1. The summed E-state index contributed by atoms with van der Waals surface area (Å²) in [6, 6.07) is 15.9. The van der Waals surface area contributed by atoms with Gasteiger partial charge in [0.15, 0.2) is 5.78 Å². The van der Waals surface area contributed by atoms with Crippen molar-refractivity contribution in [2.45, 2.75) is 6.92 Å². The van der Waals surface area contributed by atoms with Gasteiger partial charge >= 0.3 is 0 Å². The number of hydrogen-bond donors (Lipinski definition) is 2. The fourth-order valence-electron chi connectivity index (χ4n) is 1.86. The lowest BCUT2D eigenvalue weighted by Gasteiger charge is -2.06. The molecule has 0 bridgehead atoms. The summed E-state index contributed by atoms with van der Waals surface area (Å²) in [6.07, 6.45) is 1.35. The van der Waals surface area contributed by atoms with Crippen LogP contribution in [0.3, 0.4) is 0 Å². The Labute approximate surface area is 153 Å². The summed E-state index contributed by atoms with van der Waals surface area (Å²) in [4.78, 5) is 23.5. The minimum Gasteiger partial charge on any atom is -0.360 e. The van der Waals surface area contributed by atoms with Crippen LogP contribution in [-0.4, -0.2) is 11.7 Å². The molecule has 0 heterocycles. The number of carbonyl (C=O) groups is 2. The average molecular weight is 431 g/mol. The van der Waals surface area contributed by atoms with Crippen LogP contribution in [0, 0.1) is 14.9 Å². The summed E-state index contributed by atoms with van der Waals surface area (Å²) >= 11 is 2.19. The summed E-state index contributed by atoms with van der Waals surface area (Å²) in [5, 5.41) is 14.7. The number of hydrogen-bond acceptors (Lipinski definition) is 4. The monoisotopic (exact) mass is 431 g/mol. The lowest BCUT2D eigenvalue weighted by atomic mass is 10.1. The second-order valence-corrected chi connectivity index (χ2v) is 6.16. The Balaban J connectivity index is 2.10. The molecule has 2 aromatic carbocycles. The van der Waals surface area contributed by atoms with Crippen LogP contribution in [0.25, 0.3) is 0 Å². The van der Waals surface area contributed by atoms with Crippen LogP contribution in [0.1, 0.15) is 17.3 Å². The number of nitriles is 1. The first-order valence-corrected chi connectivity index (χ1v) is 8.12. The van der Waals surface area contributed by atoms with E-state index in [1.165, 1.54) is 13.1 Å². The number of amides is 1. The molecule has 2 aromatic rings. The summed E-state index contributed by atoms with van der Waals surface area (Å²) in [7, 11) is 0. The topological polar surface area (TPSA) is 82.0 Å². The van der Waals surface area contributed by atoms with E-state index in [4.69, 9.17) is 5.26 Å². The molecular formula is C18H14IN3O2. The number of anilines is 2. The smallest absolute Gasteiger partial charge is 0.267 e. The fourth-order valence-corrected chi connectivity index (χ4v) is 2.22. The maximum Gasteiger partial charge on any atom is 0.267 e. The highest BCUT2D eigenvalue weighted by Crippen LogP contribution is 2.14. The molecular weight excluding hydrogens is 417 g/mol. The van der Waals surface area contributed by atoms with Gasteiger partial charge in [0.25, 0.3) is 5.91 Å². The maximum atomic E-state index is 12.2. The van der Waals surface area contributed by atoms with Crippen LogP contribution >= 0.6 is 22.6 Å². The molecule has 5 nitrogen and oxygen atoms in total. The SMILES string of the molecule is CC(=O)c1cccc(NC(=O)/C(C#N)=C\Nc2ccc(I)cc2)c1. The van der Waals surface area contributed by atoms with Crippen molar-refractivity contribution in [3.63, 3.8) is 0 Å². The van der Waals surface area contributed by atoms with Gasteiger partial charge in [-0.25, -0.2) is 0 Å². The molecule has 120 valence electrons. The highest BCUT2D eigenvalue weighted by atomic mass is 127. The second kappa shape index (κ2) is 8.26. The number of nitrogens with one attached hydrogen (secondary N) is 2. The number of rotatable bonds is 5. The van der Waals surface area contributed by atoms with Crippen LogP contribution in [0.15, 0.2) is 60.3 Å². The number of ketones is 1. The molecule has 2 N–H and O–H groups in total. The van der Waals surface area contributed by atoms with Gasteiger partial charge in [-0.2, -0.15) is 5.26 Å². The van der Waals surface area contributed by atoms with Gasteiger partial charge in [-0.15, -0.1) is 0 Å². The Hall–Kier alpha value is -2.66. The number of carbonyl (C=O) groups excluding carboxylic acids is 2. The Morgan fingerprint density at radius 3 is 2.46 bits per heavy atom. The Morgan fingerprint density at radius 2 is 1.83 bits per heavy atom. The first-order valence-electron chi connectivity index (χ1n) is 7.04. The largest absolute Gasteiger partial charge is 0.360 e. The maximum absolute atomic E-state index is 12.2. The lowest BCUT2D eigenvalue weighted by Crippen LogP contribution is -2.14. The molecule has 0 aliphatic carbocycles. The van der Waals surface area contributed by atoms with Gasteiger partial charge in [-0.05, 0) is 65.9 Å². The minimum absolute atomic E-state index is 0.0678. The van der Waals surface area contributed by atoms with Gasteiger partial charge < -0.3 is 10.6 Å². The molecule has 0 radical (unpaired) electrons. The van der Waals surface area contributed by atoms with Gasteiger partial charge in [0.2, 0.25) is 0 Å². The molecule has 0 aliphatic heterocycles. The molecule has 2 rings (SSSR count). The molecule has 0 aliphatic rings. The molecule has 24 heavy (non-hydrogen) atoms. The van der Waals surface area contributed by atoms with E-state index < -0.39 is 5.91 Å². The number of nitrogens with zero attached hydrogens (tertiary/aromatic N) is 1. The first-order chi connectivity index (χ1) is 11.5. The normalized spacial score (nSPS) is 10.6. The van der Waals surface area contributed by atoms with Crippen molar-refractivity contribution < 1.29 is 9.59 Å². The molecule has 0 saturated heterocycles. The van der Waals surface area contributed by atoms with Crippen molar-refractivity contribution in [1.29, 1.82) is 5.26 Å². The lowest BCUT2D eigenvalue weighted by molar-refractivity contribution is -0.112. The van der Waals surface area contributed by atoms with Crippen molar-refractivity contribution in [3.05, 3.63) is 69.4 Å². The van der Waals surface area contributed by atoms with E-state index in [-0.39, 0.29) is 11.4 Å². The van der Waals surface area contributed by atoms with Crippen molar-refractivity contribution >= 4 is 45.7 Å². The third-order valence-electron chi connectivity index (χ3n) is 3.12. The van der Waals surface area contributed by atoms with E-state index in [2.05, 4.69) is 33.2 Å². The van der Waals surface area contributed by atoms with Crippen molar-refractivity contribution in [2.75, 3.05) is 10.6 Å². The van der Waals surface area contributed by atoms with E-state index >= 15 is 0 Å². The molecule has 1 amide bonds. The van der Waals surface area contributed by atoms with Gasteiger partial charge in [-0.3, -0.25) is 9.59 Å². The molecule has 0 saturated carbocycles. The molecule has 0 atom stereocenters. The first kappa shape index (κ1) is 17.7. The number of Topliss-reactive ketones (excluding diaryl/α,β-unsaturated/α-hetero) is 1. The standard InChI is InChI=1S/C18H14IN3O2/c1-12(23)13-3-2-4-17(9-13)22-18(24)14(10-20)11-21-16-7-5-15(19)6-8-16/h2-9,11,21H,1H3,(H,22,24)/b14-11-. The van der Waals surface area contributed by atoms with Crippen molar-refractivity contribution in [1.82, 2.24) is 0 Å². The molecule has 0 aromatic heterocycles. The highest BCUT2D eigenvalue weighted by Gasteiger charge is 2.10. The zero-order chi connectivity index (χ0) is 17.5. The van der Waals surface area contributed by atoms with Crippen LogP contribution < -0.4 is 10.6 Å². The summed E-state index contributed by atoms with van der Waals surface area (Å²) in [6.45, 7) is 1.45. The van der Waals surface area contributed by atoms with Crippen molar-refractivity contribution in [3.8, 4) is 6.07 Å². The molecule has 6 heteroatoms. The average Bonchev–Trinajstić information content (AvgIpc) is 2.57. The van der Waals surface area contributed by atoms with Crippen LogP contribution in [0.5, 0.6) is 0 Å². The third-order valence-corrected chi connectivity index (χ3v) is 3.84. The Kier molecular flexibility index (Phi) is 6.09. The molecule has 0 spiro atoms. The predicted molar refractivity (Wildman–Crippen MR) is 102 cm³/mol. The van der Waals surface area contributed by atoms with E-state index in [1.54, 1.807) is 24.3 Å². The summed E-state index contributed by atoms with van der Waals surface area (Å²) in [5.41, 5.74) is 1.66.